The largest absolute Gasteiger partial charge is 0.420 e. The Morgan fingerprint density at radius 3 is 2.55 bits per heavy atom. The van der Waals surface area contributed by atoms with E-state index in [9.17, 15) is 27.2 Å². The predicted octanol–water partition coefficient (Wildman–Crippen LogP) is 3.92. The zero-order valence-electron chi connectivity index (χ0n) is 20.4. The quantitative estimate of drug-likeness (QED) is 0.340. The average Bonchev–Trinajstić information content (AvgIpc) is 3.63. The van der Waals surface area contributed by atoms with Crippen LogP contribution in [0.25, 0.3) is 11.3 Å². The minimum Gasteiger partial charge on any atom is -0.334 e. The van der Waals surface area contributed by atoms with Crippen LogP contribution in [0.5, 0.6) is 0 Å². The first kappa shape index (κ1) is 25.2. The van der Waals surface area contributed by atoms with Gasteiger partial charge in [0.05, 0.1) is 36.0 Å². The van der Waals surface area contributed by atoms with Crippen LogP contribution < -0.4 is 5.32 Å². The molecule has 0 spiro atoms. The van der Waals surface area contributed by atoms with Crippen LogP contribution in [-0.2, 0) is 19.1 Å². The molecule has 0 saturated carbocycles. The highest BCUT2D eigenvalue weighted by Crippen LogP contribution is 2.34. The van der Waals surface area contributed by atoms with Gasteiger partial charge in [-0.3, -0.25) is 9.59 Å². The highest BCUT2D eigenvalue weighted by Gasteiger charge is 2.36. The molecule has 40 heavy (non-hydrogen) atoms. The van der Waals surface area contributed by atoms with Gasteiger partial charge in [0.15, 0.2) is 5.82 Å². The molecule has 1 aromatic carbocycles. The van der Waals surface area contributed by atoms with Crippen molar-refractivity contribution in [2.75, 3.05) is 11.9 Å². The summed E-state index contributed by atoms with van der Waals surface area (Å²) in [5.74, 6) is -2.13. The van der Waals surface area contributed by atoms with Gasteiger partial charge < -0.3 is 10.2 Å². The maximum absolute atomic E-state index is 14.4. The van der Waals surface area contributed by atoms with Gasteiger partial charge in [0.1, 0.15) is 16.9 Å². The lowest BCUT2D eigenvalue weighted by molar-refractivity contribution is -0.137. The number of nitrogens with zero attached hydrogens (tertiary/aromatic N) is 7. The molecule has 0 radical (unpaired) electrons. The normalized spacial score (nSPS) is 13.3. The minimum atomic E-state index is -4.78. The fourth-order valence-electron chi connectivity index (χ4n) is 4.74. The van der Waals surface area contributed by atoms with E-state index in [0.29, 0.717) is 17.5 Å². The molecule has 202 valence electrons. The van der Waals surface area contributed by atoms with Crippen LogP contribution in [0, 0.1) is 5.82 Å². The highest BCUT2D eigenvalue weighted by molar-refractivity contribution is 6.06. The number of hydrogen-bond donors (Lipinski definition) is 1. The van der Waals surface area contributed by atoms with Crippen LogP contribution in [0.15, 0.2) is 67.4 Å². The monoisotopic (exact) mass is 550 g/mol. The van der Waals surface area contributed by atoms with Crippen LogP contribution in [0.3, 0.4) is 0 Å². The van der Waals surface area contributed by atoms with Gasteiger partial charge >= 0.3 is 6.18 Å². The number of anilines is 1. The number of carbonyl (C=O) groups is 2. The first-order valence-corrected chi connectivity index (χ1v) is 12.0. The number of carbonyl (C=O) groups excluding carboxylic acids is 2. The zero-order valence-corrected chi connectivity index (χ0v) is 20.4. The van der Waals surface area contributed by atoms with Crippen molar-refractivity contribution in [1.29, 1.82) is 0 Å². The first-order chi connectivity index (χ1) is 19.2. The van der Waals surface area contributed by atoms with Gasteiger partial charge in [-0.25, -0.2) is 13.9 Å². The second kappa shape index (κ2) is 9.55. The average molecular weight is 550 g/mol. The van der Waals surface area contributed by atoms with Crippen molar-refractivity contribution < 1.29 is 27.2 Å². The van der Waals surface area contributed by atoms with Gasteiger partial charge in [0.2, 0.25) is 0 Å². The van der Waals surface area contributed by atoms with E-state index in [0.717, 1.165) is 17.1 Å². The van der Waals surface area contributed by atoms with E-state index in [-0.39, 0.29) is 35.4 Å². The first-order valence-electron chi connectivity index (χ1n) is 12.0. The number of rotatable bonds is 4. The second-order valence-electron chi connectivity index (χ2n) is 8.99. The molecular weight excluding hydrogens is 532 g/mol. The third-order valence-electron chi connectivity index (χ3n) is 6.56. The van der Waals surface area contributed by atoms with Crippen molar-refractivity contribution in [3.8, 4) is 5.82 Å². The smallest absolute Gasteiger partial charge is 0.334 e. The Morgan fingerprint density at radius 2 is 1.77 bits per heavy atom. The molecule has 14 heteroatoms. The van der Waals surface area contributed by atoms with Crippen LogP contribution in [0.1, 0.15) is 37.4 Å². The number of fused-ring (bicyclic) bond motifs is 2. The Kier molecular flexibility index (Phi) is 6.01. The van der Waals surface area contributed by atoms with Gasteiger partial charge in [0.25, 0.3) is 11.8 Å². The van der Waals surface area contributed by atoms with Crippen molar-refractivity contribution in [2.45, 2.75) is 19.1 Å². The van der Waals surface area contributed by atoms with Crippen LogP contribution in [-0.4, -0.2) is 52.9 Å². The van der Waals surface area contributed by atoms with E-state index in [1.54, 1.807) is 24.4 Å². The molecule has 0 fully saturated rings. The molecule has 2 amide bonds. The molecule has 0 bridgehead atoms. The maximum atomic E-state index is 14.4. The summed E-state index contributed by atoms with van der Waals surface area (Å²) in [4.78, 5) is 32.5. The number of alkyl halides is 3. The molecule has 4 aromatic heterocycles. The van der Waals surface area contributed by atoms with Crippen molar-refractivity contribution in [1.82, 2.24) is 34.5 Å². The van der Waals surface area contributed by atoms with E-state index >= 15 is 0 Å². The Bertz CT molecular complexity index is 1760. The summed E-state index contributed by atoms with van der Waals surface area (Å²) in [5.41, 5.74) is 0.543. The number of halogens is 4. The standard InChI is InChI=1S/C26H18F4N8O2/c27-21-5-2-9-37-22(21)19(13-34-37)25(40)36-10-6-17-15(14-36)3-1-4-18(17)24(39)35-16-11-20(26(28,29)30)23(31-12-16)38-32-7-8-33-38/h1-5,7-9,11-13H,6,10,14H2,(H,35,39). The maximum Gasteiger partial charge on any atom is 0.420 e. The molecule has 5 aromatic rings. The Hall–Kier alpha value is -5.14. The van der Waals surface area contributed by atoms with E-state index in [2.05, 4.69) is 25.6 Å². The van der Waals surface area contributed by atoms with Crippen LogP contribution in [0.4, 0.5) is 23.2 Å². The van der Waals surface area contributed by atoms with Crippen LogP contribution in [0.2, 0.25) is 0 Å². The fourth-order valence-corrected chi connectivity index (χ4v) is 4.74. The summed E-state index contributed by atoms with van der Waals surface area (Å²) in [6.45, 7) is 0.402. The van der Waals surface area contributed by atoms with E-state index < -0.39 is 35.2 Å². The zero-order chi connectivity index (χ0) is 28.0. The second-order valence-corrected chi connectivity index (χ2v) is 8.99. The summed E-state index contributed by atoms with van der Waals surface area (Å²) >= 11 is 0. The van der Waals surface area contributed by atoms with Gasteiger partial charge in [-0.2, -0.15) is 28.5 Å². The number of aromatic nitrogens is 6. The SMILES string of the molecule is O=C(Nc1cnc(-n2nccn2)c(C(F)(F)F)c1)c1cccc2c1CCN(C(=O)c1cnn3cccc(F)c13)C2. The summed E-state index contributed by atoms with van der Waals surface area (Å²) in [6, 6.07) is 8.46. The van der Waals surface area contributed by atoms with Gasteiger partial charge in [-0.1, -0.05) is 12.1 Å². The Labute approximate surface area is 222 Å². The number of pyridine rings is 2. The lowest BCUT2D eigenvalue weighted by Crippen LogP contribution is -2.36. The van der Waals surface area contributed by atoms with E-state index in [4.69, 9.17) is 0 Å². The van der Waals surface area contributed by atoms with Gasteiger partial charge in [0, 0.05) is 24.8 Å². The molecule has 1 aliphatic rings. The van der Waals surface area contributed by atoms with Crippen molar-refractivity contribution >= 4 is 23.0 Å². The van der Waals surface area contributed by atoms with E-state index in [1.807, 2.05) is 0 Å². The molecule has 10 nitrogen and oxygen atoms in total. The molecule has 0 atom stereocenters. The molecular formula is C26H18F4N8O2. The fraction of sp³-hybridized carbons (Fsp3) is 0.154. The summed E-state index contributed by atoms with van der Waals surface area (Å²) in [7, 11) is 0. The minimum absolute atomic E-state index is 0.0765. The molecule has 1 aliphatic heterocycles. The lowest BCUT2D eigenvalue weighted by Gasteiger charge is -2.30. The Morgan fingerprint density at radius 1 is 0.975 bits per heavy atom. The number of amides is 2. The van der Waals surface area contributed by atoms with E-state index in [1.165, 1.54) is 40.1 Å². The summed E-state index contributed by atoms with van der Waals surface area (Å²) in [6.07, 6.45) is 1.93. The van der Waals surface area contributed by atoms with Crippen molar-refractivity contribution in [3.05, 3.63) is 101 Å². The third-order valence-corrected chi connectivity index (χ3v) is 6.56. The predicted molar refractivity (Wildman–Crippen MR) is 132 cm³/mol. The van der Waals surface area contributed by atoms with Crippen LogP contribution >= 0.6 is 0 Å². The topological polar surface area (TPSA) is 110 Å². The molecule has 1 N–H and O–H groups in total. The van der Waals surface area contributed by atoms with Gasteiger partial charge in [-0.15, -0.1) is 4.80 Å². The third kappa shape index (κ3) is 4.42. The molecule has 5 heterocycles. The van der Waals surface area contributed by atoms with Crippen molar-refractivity contribution in [2.24, 2.45) is 0 Å². The van der Waals surface area contributed by atoms with Crippen molar-refractivity contribution in [3.63, 3.8) is 0 Å². The Balaban J connectivity index is 1.24. The molecule has 6 rings (SSSR count). The molecule has 0 aliphatic carbocycles. The molecule has 0 saturated heterocycles. The summed E-state index contributed by atoms with van der Waals surface area (Å²) < 4.78 is 56.9. The molecule has 0 unspecified atom stereocenters. The number of nitrogens with one attached hydrogen (secondary N) is 1. The highest BCUT2D eigenvalue weighted by atomic mass is 19.4. The summed E-state index contributed by atoms with van der Waals surface area (Å²) in [5, 5.41) is 14.0. The lowest BCUT2D eigenvalue weighted by atomic mass is 9.93. The van der Waals surface area contributed by atoms with Gasteiger partial charge in [-0.05, 0) is 41.8 Å². The number of hydrogen-bond acceptors (Lipinski definition) is 6. The number of benzene rings is 1.